The predicted molar refractivity (Wildman–Crippen MR) is 112 cm³/mol. The third-order valence-electron chi connectivity index (χ3n) is 4.49. The van der Waals surface area contributed by atoms with Crippen molar-refractivity contribution in [3.63, 3.8) is 0 Å². The van der Waals surface area contributed by atoms with Crippen LogP contribution in [0.15, 0.2) is 46.5 Å². The van der Waals surface area contributed by atoms with E-state index in [1.807, 2.05) is 12.1 Å². The standard InChI is InChI=1S/C20H21N5O4S/c26-18(11-15-13-30-20(23-15)24-19(27)16-2-1-7-29-16)22-12-14-3-4-21-17(10-14)25-5-8-28-9-6-25/h1-4,7,10,13H,5-6,8-9,11-12H2,(H,22,26)(H,23,24,27). The van der Waals surface area contributed by atoms with E-state index in [1.165, 1.54) is 17.6 Å². The van der Waals surface area contributed by atoms with Gasteiger partial charge in [0.05, 0.1) is 31.6 Å². The number of nitrogens with one attached hydrogen (secondary N) is 2. The van der Waals surface area contributed by atoms with Gasteiger partial charge in [-0.15, -0.1) is 11.3 Å². The molecule has 0 radical (unpaired) electrons. The highest BCUT2D eigenvalue weighted by molar-refractivity contribution is 7.14. The highest BCUT2D eigenvalue weighted by Gasteiger charge is 2.14. The molecule has 2 N–H and O–H groups in total. The number of morpholine rings is 1. The van der Waals surface area contributed by atoms with Crippen LogP contribution in [0.25, 0.3) is 0 Å². The molecule has 1 aliphatic heterocycles. The molecule has 0 atom stereocenters. The van der Waals surface area contributed by atoms with Gasteiger partial charge >= 0.3 is 0 Å². The lowest BCUT2D eigenvalue weighted by molar-refractivity contribution is -0.120. The molecule has 0 bridgehead atoms. The van der Waals surface area contributed by atoms with Crippen molar-refractivity contribution in [1.82, 2.24) is 15.3 Å². The number of hydrogen-bond acceptors (Lipinski definition) is 8. The van der Waals surface area contributed by atoms with Gasteiger partial charge in [0.2, 0.25) is 5.91 Å². The molecule has 3 aromatic rings. The van der Waals surface area contributed by atoms with Gasteiger partial charge in [0.15, 0.2) is 10.9 Å². The molecule has 30 heavy (non-hydrogen) atoms. The Bertz CT molecular complexity index is 998. The summed E-state index contributed by atoms with van der Waals surface area (Å²) in [5.74, 6) is 0.577. The maximum absolute atomic E-state index is 12.3. The lowest BCUT2D eigenvalue weighted by Crippen LogP contribution is -2.36. The van der Waals surface area contributed by atoms with Crippen molar-refractivity contribution in [1.29, 1.82) is 0 Å². The molecule has 2 amide bonds. The molecule has 9 nitrogen and oxygen atoms in total. The third-order valence-corrected chi connectivity index (χ3v) is 5.30. The minimum Gasteiger partial charge on any atom is -0.459 e. The van der Waals surface area contributed by atoms with E-state index in [9.17, 15) is 9.59 Å². The summed E-state index contributed by atoms with van der Waals surface area (Å²) in [5.41, 5.74) is 1.57. The van der Waals surface area contributed by atoms with Crippen LogP contribution in [-0.4, -0.2) is 48.1 Å². The summed E-state index contributed by atoms with van der Waals surface area (Å²) in [4.78, 5) is 35.1. The van der Waals surface area contributed by atoms with Crippen LogP contribution in [0.3, 0.4) is 0 Å². The number of pyridine rings is 1. The quantitative estimate of drug-likeness (QED) is 0.594. The molecule has 10 heteroatoms. The van der Waals surface area contributed by atoms with Gasteiger partial charge < -0.3 is 19.4 Å². The zero-order chi connectivity index (χ0) is 20.8. The average molecular weight is 427 g/mol. The van der Waals surface area contributed by atoms with E-state index >= 15 is 0 Å². The third kappa shape index (κ3) is 5.22. The first-order chi connectivity index (χ1) is 14.7. The minimum absolute atomic E-state index is 0.133. The Balaban J connectivity index is 1.27. The van der Waals surface area contributed by atoms with E-state index in [-0.39, 0.29) is 24.0 Å². The number of ether oxygens (including phenoxy) is 1. The molecule has 1 aliphatic rings. The first kappa shape index (κ1) is 20.0. The van der Waals surface area contributed by atoms with Crippen molar-refractivity contribution in [3.8, 4) is 0 Å². The number of aromatic nitrogens is 2. The molecule has 0 spiro atoms. The Labute approximate surface area is 177 Å². The maximum Gasteiger partial charge on any atom is 0.293 e. The van der Waals surface area contributed by atoms with Gasteiger partial charge in [0.25, 0.3) is 5.91 Å². The summed E-state index contributed by atoms with van der Waals surface area (Å²) in [7, 11) is 0. The summed E-state index contributed by atoms with van der Waals surface area (Å²) in [5, 5.41) is 7.73. The van der Waals surface area contributed by atoms with Gasteiger partial charge in [0, 0.05) is 31.2 Å². The molecule has 4 heterocycles. The Morgan fingerprint density at radius 2 is 2.10 bits per heavy atom. The molecular formula is C20H21N5O4S. The van der Waals surface area contributed by atoms with E-state index in [4.69, 9.17) is 9.15 Å². The SMILES string of the molecule is O=C(Cc1csc(NC(=O)c2ccco2)n1)NCc1ccnc(N2CCOCC2)c1. The van der Waals surface area contributed by atoms with Crippen LogP contribution in [-0.2, 0) is 22.5 Å². The molecule has 3 aromatic heterocycles. The summed E-state index contributed by atoms with van der Waals surface area (Å²) in [6, 6.07) is 7.08. The number of thiazole rings is 1. The van der Waals surface area contributed by atoms with Gasteiger partial charge in [-0.25, -0.2) is 9.97 Å². The molecule has 0 aliphatic carbocycles. The number of hydrogen-bond donors (Lipinski definition) is 2. The minimum atomic E-state index is -0.376. The van der Waals surface area contributed by atoms with Crippen molar-refractivity contribution in [3.05, 3.63) is 59.1 Å². The van der Waals surface area contributed by atoms with Crippen LogP contribution in [0.5, 0.6) is 0 Å². The second kappa shape index (κ2) is 9.51. The summed E-state index contributed by atoms with van der Waals surface area (Å²) in [6.07, 6.45) is 3.31. The zero-order valence-electron chi connectivity index (χ0n) is 16.2. The lowest BCUT2D eigenvalue weighted by Gasteiger charge is -2.28. The number of furan rings is 1. The van der Waals surface area contributed by atoms with E-state index < -0.39 is 0 Å². The molecule has 0 saturated carbocycles. The van der Waals surface area contributed by atoms with Gasteiger partial charge in [-0.05, 0) is 29.8 Å². The topological polar surface area (TPSA) is 110 Å². The Hall–Kier alpha value is -3.24. The van der Waals surface area contributed by atoms with Crippen LogP contribution in [0.4, 0.5) is 10.9 Å². The molecule has 0 unspecified atom stereocenters. The van der Waals surface area contributed by atoms with Crippen molar-refractivity contribution < 1.29 is 18.7 Å². The van der Waals surface area contributed by atoms with Gasteiger partial charge in [-0.2, -0.15) is 0 Å². The lowest BCUT2D eigenvalue weighted by atomic mass is 10.2. The number of rotatable bonds is 7. The zero-order valence-corrected chi connectivity index (χ0v) is 17.0. The maximum atomic E-state index is 12.3. The number of carbonyl (C=O) groups excluding carboxylic acids is 2. The summed E-state index contributed by atoms with van der Waals surface area (Å²) < 4.78 is 10.4. The van der Waals surface area contributed by atoms with Crippen molar-refractivity contribution in [2.24, 2.45) is 0 Å². The fraction of sp³-hybridized carbons (Fsp3) is 0.300. The highest BCUT2D eigenvalue weighted by atomic mass is 32.1. The Morgan fingerprint density at radius 1 is 1.23 bits per heavy atom. The molecule has 1 fully saturated rings. The Kier molecular flexibility index (Phi) is 6.35. The average Bonchev–Trinajstić information content (AvgIpc) is 3.46. The summed E-state index contributed by atoms with van der Waals surface area (Å²) >= 11 is 1.26. The van der Waals surface area contributed by atoms with Crippen LogP contribution in [0.2, 0.25) is 0 Å². The molecule has 0 aromatic carbocycles. The first-order valence-corrected chi connectivity index (χ1v) is 10.4. The second-order valence-corrected chi connectivity index (χ2v) is 7.51. The summed E-state index contributed by atoms with van der Waals surface area (Å²) in [6.45, 7) is 3.42. The van der Waals surface area contributed by atoms with Crippen LogP contribution < -0.4 is 15.5 Å². The normalized spacial score (nSPS) is 13.8. The fourth-order valence-electron chi connectivity index (χ4n) is 2.98. The largest absolute Gasteiger partial charge is 0.459 e. The van der Waals surface area contributed by atoms with Crippen molar-refractivity contribution in [2.45, 2.75) is 13.0 Å². The van der Waals surface area contributed by atoms with E-state index in [0.717, 1.165) is 24.5 Å². The fourth-order valence-corrected chi connectivity index (χ4v) is 3.68. The number of nitrogens with zero attached hydrogens (tertiary/aromatic N) is 3. The van der Waals surface area contributed by atoms with Crippen molar-refractivity contribution in [2.75, 3.05) is 36.5 Å². The van der Waals surface area contributed by atoms with Gasteiger partial charge in [0.1, 0.15) is 5.82 Å². The highest BCUT2D eigenvalue weighted by Crippen LogP contribution is 2.17. The predicted octanol–water partition coefficient (Wildman–Crippen LogP) is 2.08. The Morgan fingerprint density at radius 3 is 2.90 bits per heavy atom. The van der Waals surface area contributed by atoms with Crippen LogP contribution in [0.1, 0.15) is 21.8 Å². The molecule has 156 valence electrons. The molecular weight excluding hydrogens is 406 g/mol. The van der Waals surface area contributed by atoms with E-state index in [2.05, 4.69) is 25.5 Å². The van der Waals surface area contributed by atoms with E-state index in [1.54, 1.807) is 23.7 Å². The molecule has 4 rings (SSSR count). The molecule has 1 saturated heterocycles. The first-order valence-electron chi connectivity index (χ1n) is 9.51. The van der Waals surface area contributed by atoms with Crippen LogP contribution >= 0.6 is 11.3 Å². The van der Waals surface area contributed by atoms with Crippen molar-refractivity contribution >= 4 is 34.1 Å². The van der Waals surface area contributed by atoms with Gasteiger partial charge in [-0.1, -0.05) is 0 Å². The van der Waals surface area contributed by atoms with Gasteiger partial charge in [-0.3, -0.25) is 14.9 Å². The number of anilines is 2. The number of carbonyl (C=O) groups is 2. The van der Waals surface area contributed by atoms with Crippen LogP contribution in [0, 0.1) is 0 Å². The van der Waals surface area contributed by atoms with E-state index in [0.29, 0.717) is 30.6 Å². The monoisotopic (exact) mass is 427 g/mol. The smallest absolute Gasteiger partial charge is 0.293 e. The second-order valence-electron chi connectivity index (χ2n) is 6.65. The number of amides is 2.